The number of hydrogen-bond acceptors (Lipinski definition) is 4. The Morgan fingerprint density at radius 2 is 2.00 bits per heavy atom. The highest BCUT2D eigenvalue weighted by atomic mass is 16.6. The minimum atomic E-state index is -1.12. The number of nitro benzene ring substituents is 1. The van der Waals surface area contributed by atoms with Gasteiger partial charge in [0.2, 0.25) is 0 Å². The molecule has 0 fully saturated rings. The first-order valence-electron chi connectivity index (χ1n) is 6.48. The summed E-state index contributed by atoms with van der Waals surface area (Å²) in [5, 5.41) is 19.7. The van der Waals surface area contributed by atoms with Gasteiger partial charge in [-0.1, -0.05) is 19.9 Å². The molecule has 0 radical (unpaired) electrons. The third-order valence-corrected chi connectivity index (χ3v) is 2.86. The van der Waals surface area contributed by atoms with Crippen LogP contribution in [0.25, 0.3) is 0 Å². The third kappa shape index (κ3) is 4.55. The minimum Gasteiger partial charge on any atom is -0.480 e. The second-order valence-electron chi connectivity index (χ2n) is 5.23. The first-order valence-corrected chi connectivity index (χ1v) is 6.48. The lowest BCUT2D eigenvalue weighted by Crippen LogP contribution is -2.38. The number of nitro groups is 1. The van der Waals surface area contributed by atoms with Gasteiger partial charge in [0.15, 0.2) is 0 Å². The molecule has 114 valence electrons. The average Bonchev–Trinajstić information content (AvgIpc) is 2.36. The van der Waals surface area contributed by atoms with Crippen LogP contribution in [0.1, 0.15) is 29.8 Å². The Balaban J connectivity index is 3.15. The van der Waals surface area contributed by atoms with Gasteiger partial charge < -0.3 is 10.0 Å². The molecule has 0 bridgehead atoms. The molecule has 1 rings (SSSR count). The second-order valence-corrected chi connectivity index (χ2v) is 5.23. The predicted octanol–water partition coefficient (Wildman–Crippen LogP) is 2.09. The van der Waals surface area contributed by atoms with Crippen LogP contribution in [0.5, 0.6) is 0 Å². The van der Waals surface area contributed by atoms with Crippen LogP contribution in [0.2, 0.25) is 0 Å². The van der Waals surface area contributed by atoms with Gasteiger partial charge in [-0.05, 0) is 18.4 Å². The number of benzene rings is 1. The van der Waals surface area contributed by atoms with Gasteiger partial charge in [0.25, 0.3) is 11.6 Å². The van der Waals surface area contributed by atoms with E-state index in [-0.39, 0.29) is 23.7 Å². The van der Waals surface area contributed by atoms with Crippen molar-refractivity contribution in [3.63, 3.8) is 0 Å². The van der Waals surface area contributed by atoms with E-state index in [2.05, 4.69) is 0 Å². The van der Waals surface area contributed by atoms with E-state index in [9.17, 15) is 19.7 Å². The van der Waals surface area contributed by atoms with Crippen molar-refractivity contribution in [1.29, 1.82) is 0 Å². The van der Waals surface area contributed by atoms with E-state index in [0.29, 0.717) is 5.56 Å². The van der Waals surface area contributed by atoms with Crippen LogP contribution in [-0.2, 0) is 4.79 Å². The summed E-state index contributed by atoms with van der Waals surface area (Å²) >= 11 is 0. The molecule has 0 heterocycles. The molecule has 1 aromatic carbocycles. The smallest absolute Gasteiger partial charge is 0.323 e. The van der Waals surface area contributed by atoms with Crippen molar-refractivity contribution in [2.45, 2.75) is 20.8 Å². The zero-order chi connectivity index (χ0) is 16.2. The highest BCUT2D eigenvalue weighted by molar-refractivity contribution is 5.97. The topological polar surface area (TPSA) is 101 Å². The van der Waals surface area contributed by atoms with E-state index in [0.717, 1.165) is 0 Å². The van der Waals surface area contributed by atoms with E-state index < -0.39 is 23.3 Å². The van der Waals surface area contributed by atoms with Gasteiger partial charge in [-0.3, -0.25) is 19.7 Å². The summed E-state index contributed by atoms with van der Waals surface area (Å²) in [6, 6.07) is 3.99. The molecule has 7 heteroatoms. The maximum atomic E-state index is 12.5. The van der Waals surface area contributed by atoms with Crippen LogP contribution < -0.4 is 0 Å². The fourth-order valence-electron chi connectivity index (χ4n) is 1.95. The summed E-state index contributed by atoms with van der Waals surface area (Å²) in [7, 11) is 0. The van der Waals surface area contributed by atoms with E-state index >= 15 is 0 Å². The number of non-ortho nitro benzene ring substituents is 1. The monoisotopic (exact) mass is 294 g/mol. The molecule has 0 spiro atoms. The normalized spacial score (nSPS) is 10.5. The van der Waals surface area contributed by atoms with Gasteiger partial charge in [-0.2, -0.15) is 0 Å². The SMILES string of the molecule is Cc1ccc([N+](=O)[O-])cc1C(=O)N(CC(=O)O)CC(C)C. The standard InChI is InChI=1S/C14H18N2O5/c1-9(2)7-15(8-13(17)18)14(19)12-6-11(16(20)21)5-4-10(12)3/h4-6,9H,7-8H2,1-3H3,(H,17,18). The summed E-state index contributed by atoms with van der Waals surface area (Å²) in [6.45, 7) is 5.22. The number of carboxylic acid groups (broad SMARTS) is 1. The number of carboxylic acids is 1. The summed E-state index contributed by atoms with van der Waals surface area (Å²) in [5.74, 6) is -1.54. The van der Waals surface area contributed by atoms with Crippen LogP contribution in [0.15, 0.2) is 18.2 Å². The van der Waals surface area contributed by atoms with Crippen molar-refractivity contribution < 1.29 is 19.6 Å². The quantitative estimate of drug-likeness (QED) is 0.639. The average molecular weight is 294 g/mol. The molecule has 21 heavy (non-hydrogen) atoms. The van der Waals surface area contributed by atoms with Gasteiger partial charge in [-0.25, -0.2) is 0 Å². The highest BCUT2D eigenvalue weighted by Gasteiger charge is 2.22. The third-order valence-electron chi connectivity index (χ3n) is 2.86. The molecule has 0 unspecified atom stereocenters. The first-order chi connectivity index (χ1) is 9.72. The van der Waals surface area contributed by atoms with E-state index in [1.54, 1.807) is 6.92 Å². The molecule has 7 nitrogen and oxygen atoms in total. The maximum Gasteiger partial charge on any atom is 0.323 e. The van der Waals surface area contributed by atoms with Crippen LogP contribution in [0.4, 0.5) is 5.69 Å². The fourth-order valence-corrected chi connectivity index (χ4v) is 1.95. The predicted molar refractivity (Wildman–Crippen MR) is 76.2 cm³/mol. The summed E-state index contributed by atoms with van der Waals surface area (Å²) < 4.78 is 0. The molecule has 0 saturated heterocycles. The summed E-state index contributed by atoms with van der Waals surface area (Å²) in [4.78, 5) is 34.7. The van der Waals surface area contributed by atoms with Crippen molar-refractivity contribution in [3.8, 4) is 0 Å². The van der Waals surface area contributed by atoms with Gasteiger partial charge in [-0.15, -0.1) is 0 Å². The van der Waals surface area contributed by atoms with Crippen molar-refractivity contribution in [1.82, 2.24) is 4.90 Å². The van der Waals surface area contributed by atoms with Crippen molar-refractivity contribution in [2.24, 2.45) is 5.92 Å². The lowest BCUT2D eigenvalue weighted by Gasteiger charge is -2.23. The Bertz CT molecular complexity index is 568. The number of aryl methyl sites for hydroxylation is 1. The number of aliphatic carboxylic acids is 1. The van der Waals surface area contributed by atoms with Crippen LogP contribution >= 0.6 is 0 Å². The Morgan fingerprint density at radius 1 is 1.38 bits per heavy atom. The molecule has 1 amide bonds. The molecule has 0 atom stereocenters. The summed E-state index contributed by atoms with van der Waals surface area (Å²) in [6.07, 6.45) is 0. The number of amides is 1. The Hall–Kier alpha value is -2.44. The number of hydrogen-bond donors (Lipinski definition) is 1. The highest BCUT2D eigenvalue weighted by Crippen LogP contribution is 2.19. The second kappa shape index (κ2) is 6.83. The zero-order valence-corrected chi connectivity index (χ0v) is 12.2. The molecule has 0 aliphatic carbocycles. The van der Waals surface area contributed by atoms with Crippen molar-refractivity contribution >= 4 is 17.6 Å². The van der Waals surface area contributed by atoms with E-state index in [1.807, 2.05) is 13.8 Å². The van der Waals surface area contributed by atoms with Crippen molar-refractivity contribution in [2.75, 3.05) is 13.1 Å². The van der Waals surface area contributed by atoms with Gasteiger partial charge in [0.05, 0.1) is 4.92 Å². The van der Waals surface area contributed by atoms with Gasteiger partial charge in [0.1, 0.15) is 6.54 Å². The van der Waals surface area contributed by atoms with Crippen LogP contribution in [-0.4, -0.2) is 39.9 Å². The van der Waals surface area contributed by atoms with E-state index in [4.69, 9.17) is 5.11 Å². The molecule has 0 aromatic heterocycles. The lowest BCUT2D eigenvalue weighted by molar-refractivity contribution is -0.384. The van der Waals surface area contributed by atoms with Crippen molar-refractivity contribution in [3.05, 3.63) is 39.4 Å². The largest absolute Gasteiger partial charge is 0.480 e. The lowest BCUT2D eigenvalue weighted by atomic mass is 10.1. The molecule has 0 aliphatic rings. The number of nitrogens with zero attached hydrogens (tertiary/aromatic N) is 2. The minimum absolute atomic E-state index is 0.0901. The summed E-state index contributed by atoms with van der Waals surface area (Å²) in [5.41, 5.74) is 0.541. The molecular formula is C14H18N2O5. The number of carbonyl (C=O) groups is 2. The zero-order valence-electron chi connectivity index (χ0n) is 12.2. The maximum absolute atomic E-state index is 12.5. The number of carbonyl (C=O) groups excluding carboxylic acids is 1. The molecule has 0 saturated carbocycles. The van der Waals surface area contributed by atoms with Gasteiger partial charge in [0, 0.05) is 24.2 Å². The Morgan fingerprint density at radius 3 is 2.48 bits per heavy atom. The van der Waals surface area contributed by atoms with Crippen LogP contribution in [0, 0.1) is 23.0 Å². The fraction of sp³-hybridized carbons (Fsp3) is 0.429. The van der Waals surface area contributed by atoms with Gasteiger partial charge >= 0.3 is 5.97 Å². The van der Waals surface area contributed by atoms with E-state index in [1.165, 1.54) is 23.1 Å². The number of rotatable bonds is 6. The molecular weight excluding hydrogens is 276 g/mol. The molecule has 1 N–H and O–H groups in total. The van der Waals surface area contributed by atoms with Crippen LogP contribution in [0.3, 0.4) is 0 Å². The Labute approximate surface area is 122 Å². The molecule has 1 aromatic rings. The Kier molecular flexibility index (Phi) is 5.40. The molecule has 0 aliphatic heterocycles. The first kappa shape index (κ1) is 16.6.